The Bertz CT molecular complexity index is 1100. The molecule has 0 radical (unpaired) electrons. The second-order valence-electron chi connectivity index (χ2n) is 6.88. The fourth-order valence-electron chi connectivity index (χ4n) is 3.34. The first-order valence-electron chi connectivity index (χ1n) is 9.60. The molecule has 2 heterocycles. The van der Waals surface area contributed by atoms with Gasteiger partial charge in [0.2, 0.25) is 0 Å². The summed E-state index contributed by atoms with van der Waals surface area (Å²) in [6.45, 7) is 0.504. The minimum absolute atomic E-state index is 0.00400. The Kier molecular flexibility index (Phi) is 7.37. The van der Waals surface area contributed by atoms with Crippen molar-refractivity contribution in [3.63, 3.8) is 0 Å². The second-order valence-corrected chi connectivity index (χ2v) is 7.69. The van der Waals surface area contributed by atoms with Crippen molar-refractivity contribution in [1.29, 1.82) is 0 Å². The zero-order valence-electron chi connectivity index (χ0n) is 17.3. The predicted molar refractivity (Wildman–Crippen MR) is 115 cm³/mol. The number of ether oxygens (including phenoxy) is 2. The molecule has 0 saturated carbocycles. The summed E-state index contributed by atoms with van der Waals surface area (Å²) in [6.07, 6.45) is 2.52. The number of nitrogens with zero attached hydrogens (tertiary/aromatic N) is 2. The normalized spacial score (nSPS) is 12.5. The smallest absolute Gasteiger partial charge is 0.341 e. The molecule has 0 fully saturated rings. The molecule has 0 atom stereocenters. The van der Waals surface area contributed by atoms with Gasteiger partial charge in [-0.1, -0.05) is 23.2 Å². The quantitative estimate of drug-likeness (QED) is 0.494. The summed E-state index contributed by atoms with van der Waals surface area (Å²) in [4.78, 5) is 48.7. The third kappa shape index (κ3) is 4.86. The fraction of sp³-hybridized carbons (Fsp3) is 0.350. The van der Waals surface area contributed by atoms with Crippen LogP contribution >= 0.6 is 23.2 Å². The predicted octanol–water partition coefficient (Wildman–Crippen LogP) is 2.35. The number of aromatic nitrogens is 2. The van der Waals surface area contributed by atoms with E-state index in [2.05, 4.69) is 20.5 Å². The molecule has 2 N–H and O–H groups in total. The Morgan fingerprint density at radius 1 is 1.03 bits per heavy atom. The van der Waals surface area contributed by atoms with Crippen molar-refractivity contribution < 1.29 is 28.7 Å². The van der Waals surface area contributed by atoms with Gasteiger partial charge in [0, 0.05) is 6.54 Å². The van der Waals surface area contributed by atoms with Crippen LogP contribution in [0.5, 0.6) is 0 Å². The summed E-state index contributed by atoms with van der Waals surface area (Å²) in [6, 6.07) is 2.46. The summed E-state index contributed by atoms with van der Waals surface area (Å²) in [5, 5.41) is 9.19. The van der Waals surface area contributed by atoms with Crippen LogP contribution in [0.25, 0.3) is 0 Å². The third-order valence-corrected chi connectivity index (χ3v) is 5.51. The molecule has 32 heavy (non-hydrogen) atoms. The highest BCUT2D eigenvalue weighted by Gasteiger charge is 2.27. The number of fused-ring (bicyclic) bond motifs is 1. The van der Waals surface area contributed by atoms with Crippen LogP contribution in [-0.2, 0) is 38.6 Å². The summed E-state index contributed by atoms with van der Waals surface area (Å²) >= 11 is 12.0. The molecule has 0 unspecified atom stereocenters. The highest BCUT2D eigenvalue weighted by atomic mass is 35.5. The van der Waals surface area contributed by atoms with Crippen LogP contribution in [0, 0.1) is 0 Å². The van der Waals surface area contributed by atoms with Gasteiger partial charge in [0.05, 0.1) is 53.4 Å². The number of methoxy groups -OCH3 is 2. The maximum absolute atomic E-state index is 12.3. The van der Waals surface area contributed by atoms with E-state index in [-0.39, 0.29) is 27.8 Å². The zero-order chi connectivity index (χ0) is 23.4. The Morgan fingerprint density at radius 2 is 1.75 bits per heavy atom. The monoisotopic (exact) mass is 482 g/mol. The molecule has 3 rings (SSSR count). The number of aryl methyl sites for hydroxylation is 1. The largest absolute Gasteiger partial charge is 0.465 e. The molecule has 2 amide bonds. The molecule has 170 valence electrons. The maximum atomic E-state index is 12.3. The number of benzene rings is 1. The molecule has 2 aromatic rings. The van der Waals surface area contributed by atoms with Gasteiger partial charge in [0.25, 0.3) is 0 Å². The minimum Gasteiger partial charge on any atom is -0.465 e. The van der Waals surface area contributed by atoms with E-state index in [4.69, 9.17) is 27.9 Å². The van der Waals surface area contributed by atoms with E-state index in [0.29, 0.717) is 24.2 Å². The van der Waals surface area contributed by atoms with Crippen LogP contribution < -0.4 is 10.6 Å². The number of esters is 2. The van der Waals surface area contributed by atoms with Crippen molar-refractivity contribution in [3.05, 3.63) is 44.7 Å². The number of rotatable bonds is 5. The summed E-state index contributed by atoms with van der Waals surface area (Å²) in [5.41, 5.74) is 1.34. The summed E-state index contributed by atoms with van der Waals surface area (Å²) in [7, 11) is 2.44. The Balaban J connectivity index is 1.73. The lowest BCUT2D eigenvalue weighted by atomic mass is 10.0. The number of carbonyl (C=O) groups is 4. The van der Waals surface area contributed by atoms with Crippen molar-refractivity contribution in [2.75, 3.05) is 19.5 Å². The fourth-order valence-corrected chi connectivity index (χ4v) is 3.85. The van der Waals surface area contributed by atoms with Gasteiger partial charge in [0.1, 0.15) is 5.56 Å². The minimum atomic E-state index is -1.03. The van der Waals surface area contributed by atoms with Gasteiger partial charge in [0.15, 0.2) is 0 Å². The number of halogens is 2. The van der Waals surface area contributed by atoms with Crippen LogP contribution in [-0.4, -0.2) is 47.8 Å². The first kappa shape index (κ1) is 23.6. The molecule has 0 bridgehead atoms. The molecular weight excluding hydrogens is 463 g/mol. The third-order valence-electron chi connectivity index (χ3n) is 4.89. The average Bonchev–Trinajstić information content (AvgIpc) is 3.16. The van der Waals surface area contributed by atoms with E-state index in [1.54, 1.807) is 4.68 Å². The summed E-state index contributed by atoms with van der Waals surface area (Å²) in [5.74, 6) is -3.30. The number of nitrogens with one attached hydrogen (secondary N) is 2. The van der Waals surface area contributed by atoms with Gasteiger partial charge in [-0.3, -0.25) is 14.3 Å². The number of hydrogen-bond donors (Lipinski definition) is 2. The first-order chi connectivity index (χ1) is 15.3. The van der Waals surface area contributed by atoms with E-state index >= 15 is 0 Å². The second kappa shape index (κ2) is 10.0. The van der Waals surface area contributed by atoms with E-state index in [1.165, 1.54) is 26.4 Å². The van der Waals surface area contributed by atoms with Crippen LogP contribution in [0.15, 0.2) is 12.1 Å². The Morgan fingerprint density at radius 3 is 2.44 bits per heavy atom. The van der Waals surface area contributed by atoms with Gasteiger partial charge < -0.3 is 20.1 Å². The lowest BCUT2D eigenvalue weighted by molar-refractivity contribution is -0.136. The lowest BCUT2D eigenvalue weighted by Crippen LogP contribution is -2.35. The van der Waals surface area contributed by atoms with Crippen molar-refractivity contribution in [3.8, 4) is 0 Å². The molecule has 1 aliphatic rings. The number of hydrogen-bond acceptors (Lipinski definition) is 7. The van der Waals surface area contributed by atoms with Gasteiger partial charge in [-0.2, -0.15) is 5.10 Å². The molecule has 10 nitrogen and oxygen atoms in total. The summed E-state index contributed by atoms with van der Waals surface area (Å²) < 4.78 is 11.2. The maximum Gasteiger partial charge on any atom is 0.341 e. The SMILES string of the molecule is COC(=O)c1cc(NC(=O)C(=O)NCc2nn3c(c2C(=O)OC)CCCC3)c(Cl)cc1Cl. The van der Waals surface area contributed by atoms with Crippen LogP contribution in [0.2, 0.25) is 10.0 Å². The molecule has 1 aliphatic heterocycles. The lowest BCUT2D eigenvalue weighted by Gasteiger charge is -2.13. The molecule has 0 spiro atoms. The van der Waals surface area contributed by atoms with Gasteiger partial charge in [-0.15, -0.1) is 0 Å². The molecular formula is C20H20Cl2N4O6. The molecule has 1 aromatic carbocycles. The molecule has 1 aromatic heterocycles. The molecule has 0 saturated heterocycles. The van der Waals surface area contributed by atoms with Crippen molar-refractivity contribution in [1.82, 2.24) is 15.1 Å². The average molecular weight is 483 g/mol. The van der Waals surface area contributed by atoms with E-state index in [1.807, 2.05) is 0 Å². The Labute approximate surface area is 193 Å². The van der Waals surface area contributed by atoms with Crippen LogP contribution in [0.1, 0.15) is 44.9 Å². The van der Waals surface area contributed by atoms with E-state index in [9.17, 15) is 19.2 Å². The van der Waals surface area contributed by atoms with E-state index in [0.717, 1.165) is 18.5 Å². The molecule has 12 heteroatoms. The number of amides is 2. The van der Waals surface area contributed by atoms with Crippen LogP contribution in [0.3, 0.4) is 0 Å². The standard InChI is InChI=1S/C20H20Cl2N4O6/c1-31-19(29)10-7-13(12(22)8-11(10)21)24-18(28)17(27)23-9-14-16(20(30)32-2)15-5-3-4-6-26(15)25-14/h7-8H,3-6,9H2,1-2H3,(H,23,27)(H,24,28). The van der Waals surface area contributed by atoms with E-state index < -0.39 is 23.8 Å². The van der Waals surface area contributed by atoms with Gasteiger partial charge >= 0.3 is 23.8 Å². The number of anilines is 1. The highest BCUT2D eigenvalue weighted by Crippen LogP contribution is 2.30. The van der Waals surface area contributed by atoms with Crippen molar-refractivity contribution in [2.24, 2.45) is 0 Å². The van der Waals surface area contributed by atoms with Crippen molar-refractivity contribution in [2.45, 2.75) is 32.4 Å². The van der Waals surface area contributed by atoms with Gasteiger partial charge in [-0.25, -0.2) is 9.59 Å². The molecule has 0 aliphatic carbocycles. The first-order valence-corrected chi connectivity index (χ1v) is 10.4. The van der Waals surface area contributed by atoms with Crippen LogP contribution in [0.4, 0.5) is 5.69 Å². The Hall–Kier alpha value is -3.11. The highest BCUT2D eigenvalue weighted by molar-refractivity contribution is 6.42. The van der Waals surface area contributed by atoms with Gasteiger partial charge in [-0.05, 0) is 31.4 Å². The van der Waals surface area contributed by atoms with Crippen molar-refractivity contribution >= 4 is 52.6 Å². The number of carbonyl (C=O) groups excluding carboxylic acids is 4. The zero-order valence-corrected chi connectivity index (χ0v) is 18.8. The topological polar surface area (TPSA) is 129 Å².